The molecule has 0 saturated carbocycles. The summed E-state index contributed by atoms with van der Waals surface area (Å²) in [5, 5.41) is 0. The molecule has 0 spiro atoms. The highest BCUT2D eigenvalue weighted by molar-refractivity contribution is 5.70. The summed E-state index contributed by atoms with van der Waals surface area (Å²) in [4.78, 5) is 22.8. The first kappa shape index (κ1) is 21.9. The topological polar surface area (TPSA) is 61.8 Å². The molecule has 5 heteroatoms. The number of esters is 2. The smallest absolute Gasteiger partial charge is 0.305 e. The first-order valence-corrected chi connectivity index (χ1v) is 8.94. The zero-order chi connectivity index (χ0) is 17.3. The van der Waals surface area contributed by atoms with Gasteiger partial charge in [0.15, 0.2) is 0 Å². The van der Waals surface area contributed by atoms with Gasteiger partial charge >= 0.3 is 11.9 Å². The van der Waals surface area contributed by atoms with Crippen LogP contribution in [0.2, 0.25) is 0 Å². The Bertz CT molecular complexity index is 296. The highest BCUT2D eigenvalue weighted by Gasteiger charge is 2.10. The summed E-state index contributed by atoms with van der Waals surface area (Å²) in [6.07, 6.45) is 7.55. The van der Waals surface area contributed by atoms with Gasteiger partial charge in [0.25, 0.3) is 0 Å². The molecule has 0 fully saturated rings. The molecule has 0 aromatic heterocycles. The third kappa shape index (κ3) is 14.2. The largest absolute Gasteiger partial charge is 0.466 e. The highest BCUT2D eigenvalue weighted by atomic mass is 16.5. The number of carbonyl (C=O) groups is 2. The molecule has 0 aliphatic heterocycles. The van der Waals surface area contributed by atoms with Gasteiger partial charge in [0.1, 0.15) is 0 Å². The van der Waals surface area contributed by atoms with Gasteiger partial charge in [-0.15, -0.1) is 0 Å². The molecule has 1 unspecified atom stereocenters. The second-order valence-electron chi connectivity index (χ2n) is 5.81. The monoisotopic (exact) mass is 330 g/mol. The zero-order valence-corrected chi connectivity index (χ0v) is 15.1. The van der Waals surface area contributed by atoms with Crippen molar-refractivity contribution in [3.05, 3.63) is 0 Å². The van der Waals surface area contributed by atoms with E-state index in [-0.39, 0.29) is 11.9 Å². The first-order valence-electron chi connectivity index (χ1n) is 8.94. The van der Waals surface area contributed by atoms with Crippen LogP contribution in [0.25, 0.3) is 0 Å². The zero-order valence-electron chi connectivity index (χ0n) is 15.1. The van der Waals surface area contributed by atoms with Crippen LogP contribution in [0.15, 0.2) is 0 Å². The Morgan fingerprint density at radius 1 is 0.826 bits per heavy atom. The number of ether oxygens (including phenoxy) is 3. The molecule has 0 aromatic rings. The van der Waals surface area contributed by atoms with Crippen molar-refractivity contribution in [3.8, 4) is 0 Å². The third-order valence-electron chi connectivity index (χ3n) is 3.80. The van der Waals surface area contributed by atoms with Crippen molar-refractivity contribution in [2.24, 2.45) is 5.92 Å². The molecule has 0 amide bonds. The Morgan fingerprint density at radius 2 is 1.43 bits per heavy atom. The van der Waals surface area contributed by atoms with Gasteiger partial charge in [-0.05, 0) is 38.5 Å². The molecular weight excluding hydrogens is 296 g/mol. The summed E-state index contributed by atoms with van der Waals surface area (Å²) in [5.41, 5.74) is 0. The predicted molar refractivity (Wildman–Crippen MR) is 90.2 cm³/mol. The standard InChI is InChI=1S/C18H34O5/c1-4-6-9-16(12-14-21-3)13-15-23-18(20)11-8-7-10-17(19)22-5-2/h16H,4-15H2,1-3H3. The molecule has 0 aromatic carbocycles. The van der Waals surface area contributed by atoms with Gasteiger partial charge in [-0.2, -0.15) is 0 Å². The van der Waals surface area contributed by atoms with Crippen LogP contribution in [0.1, 0.15) is 71.6 Å². The van der Waals surface area contributed by atoms with Crippen LogP contribution >= 0.6 is 0 Å². The molecule has 5 nitrogen and oxygen atoms in total. The van der Waals surface area contributed by atoms with E-state index in [9.17, 15) is 9.59 Å². The number of hydrogen-bond acceptors (Lipinski definition) is 5. The number of carbonyl (C=O) groups excluding carboxylic acids is 2. The number of methoxy groups -OCH3 is 1. The van der Waals surface area contributed by atoms with E-state index in [1.165, 1.54) is 12.8 Å². The van der Waals surface area contributed by atoms with E-state index in [1.54, 1.807) is 14.0 Å². The quantitative estimate of drug-likeness (QED) is 0.337. The highest BCUT2D eigenvalue weighted by Crippen LogP contribution is 2.17. The molecule has 23 heavy (non-hydrogen) atoms. The Kier molecular flexibility index (Phi) is 15.0. The fourth-order valence-electron chi connectivity index (χ4n) is 2.39. The van der Waals surface area contributed by atoms with Crippen molar-refractivity contribution >= 4 is 11.9 Å². The molecule has 0 aliphatic carbocycles. The van der Waals surface area contributed by atoms with Crippen molar-refractivity contribution in [1.82, 2.24) is 0 Å². The Balaban J connectivity index is 3.70. The molecule has 136 valence electrons. The third-order valence-corrected chi connectivity index (χ3v) is 3.80. The summed E-state index contributed by atoms with van der Waals surface area (Å²) in [7, 11) is 1.72. The van der Waals surface area contributed by atoms with Gasteiger partial charge in [-0.25, -0.2) is 0 Å². The summed E-state index contributed by atoms with van der Waals surface area (Å²) in [6, 6.07) is 0. The lowest BCUT2D eigenvalue weighted by molar-refractivity contribution is -0.145. The SMILES string of the molecule is CCCCC(CCOC)CCOC(=O)CCCCC(=O)OCC. The predicted octanol–water partition coefficient (Wildman–Crippen LogP) is 3.89. The first-order chi connectivity index (χ1) is 11.1. The minimum Gasteiger partial charge on any atom is -0.466 e. The van der Waals surface area contributed by atoms with Gasteiger partial charge in [0.2, 0.25) is 0 Å². The number of unbranched alkanes of at least 4 members (excludes halogenated alkanes) is 2. The number of rotatable bonds is 15. The van der Waals surface area contributed by atoms with E-state index in [0.29, 0.717) is 44.8 Å². The van der Waals surface area contributed by atoms with E-state index < -0.39 is 0 Å². The van der Waals surface area contributed by atoms with E-state index in [2.05, 4.69) is 6.92 Å². The maximum absolute atomic E-state index is 11.7. The van der Waals surface area contributed by atoms with Crippen LogP contribution in [0.3, 0.4) is 0 Å². The van der Waals surface area contributed by atoms with Crippen molar-refractivity contribution in [2.45, 2.75) is 71.6 Å². The van der Waals surface area contributed by atoms with E-state index >= 15 is 0 Å². The number of hydrogen-bond donors (Lipinski definition) is 0. The van der Waals surface area contributed by atoms with Gasteiger partial charge in [0, 0.05) is 26.6 Å². The summed E-state index contributed by atoms with van der Waals surface area (Å²) in [6.45, 7) is 5.62. The second-order valence-corrected chi connectivity index (χ2v) is 5.81. The normalized spacial score (nSPS) is 12.0. The van der Waals surface area contributed by atoms with Crippen molar-refractivity contribution in [2.75, 3.05) is 26.9 Å². The lowest BCUT2D eigenvalue weighted by Crippen LogP contribution is -2.12. The van der Waals surface area contributed by atoms with Crippen LogP contribution in [0.4, 0.5) is 0 Å². The minimum absolute atomic E-state index is 0.171. The van der Waals surface area contributed by atoms with Crippen molar-refractivity contribution in [1.29, 1.82) is 0 Å². The Labute approximate surface area is 141 Å². The average Bonchev–Trinajstić information content (AvgIpc) is 2.54. The average molecular weight is 330 g/mol. The van der Waals surface area contributed by atoms with Gasteiger partial charge in [-0.3, -0.25) is 9.59 Å². The molecule has 0 bridgehead atoms. The van der Waals surface area contributed by atoms with Crippen LogP contribution in [-0.4, -0.2) is 38.9 Å². The Morgan fingerprint density at radius 3 is 2.00 bits per heavy atom. The maximum atomic E-state index is 11.7. The van der Waals surface area contributed by atoms with Crippen LogP contribution in [0, 0.1) is 5.92 Å². The van der Waals surface area contributed by atoms with E-state index in [4.69, 9.17) is 14.2 Å². The van der Waals surface area contributed by atoms with Gasteiger partial charge in [-0.1, -0.05) is 26.2 Å². The molecule has 0 aliphatic rings. The van der Waals surface area contributed by atoms with Gasteiger partial charge < -0.3 is 14.2 Å². The molecule has 0 radical (unpaired) electrons. The van der Waals surface area contributed by atoms with Crippen molar-refractivity contribution in [3.63, 3.8) is 0 Å². The fraction of sp³-hybridized carbons (Fsp3) is 0.889. The maximum Gasteiger partial charge on any atom is 0.305 e. The van der Waals surface area contributed by atoms with Gasteiger partial charge in [0.05, 0.1) is 13.2 Å². The Hall–Kier alpha value is -1.10. The lowest BCUT2D eigenvalue weighted by atomic mass is 9.96. The minimum atomic E-state index is -0.197. The molecule has 0 N–H and O–H groups in total. The summed E-state index contributed by atoms with van der Waals surface area (Å²) in [5.74, 6) is 0.194. The molecule has 0 rings (SSSR count). The lowest BCUT2D eigenvalue weighted by Gasteiger charge is -2.16. The van der Waals surface area contributed by atoms with E-state index in [0.717, 1.165) is 25.9 Å². The molecular formula is C18H34O5. The van der Waals surface area contributed by atoms with Crippen LogP contribution < -0.4 is 0 Å². The molecule has 0 heterocycles. The summed E-state index contributed by atoms with van der Waals surface area (Å²) >= 11 is 0. The fourth-order valence-corrected chi connectivity index (χ4v) is 2.39. The van der Waals surface area contributed by atoms with Crippen LogP contribution in [0.5, 0.6) is 0 Å². The van der Waals surface area contributed by atoms with Crippen molar-refractivity contribution < 1.29 is 23.8 Å². The summed E-state index contributed by atoms with van der Waals surface area (Å²) < 4.78 is 15.3. The molecule has 1 atom stereocenters. The second kappa shape index (κ2) is 15.8. The molecule has 0 saturated heterocycles. The van der Waals surface area contributed by atoms with Crippen LogP contribution in [-0.2, 0) is 23.8 Å². The van der Waals surface area contributed by atoms with E-state index in [1.807, 2.05) is 0 Å².